The molecule has 10 heavy (non-hydrogen) atoms. The van der Waals surface area contributed by atoms with Gasteiger partial charge in [-0.15, -0.1) is 0 Å². The lowest BCUT2D eigenvalue weighted by Crippen LogP contribution is -2.70. The smallest absolute Gasteiger partial charge is 0.302 e. The van der Waals surface area contributed by atoms with Crippen molar-refractivity contribution < 1.29 is 25.2 Å². The van der Waals surface area contributed by atoms with E-state index in [1.165, 1.54) is 6.92 Å². The summed E-state index contributed by atoms with van der Waals surface area (Å²) in [7, 11) is 0. The van der Waals surface area contributed by atoms with Crippen LogP contribution in [0.5, 0.6) is 0 Å². The third-order valence-corrected chi connectivity index (χ3v) is 0.821. The van der Waals surface area contributed by atoms with E-state index in [0.717, 1.165) is 0 Å². The number of esters is 1. The largest absolute Gasteiger partial charge is 0.544 e. The molecule has 0 rings (SSSR count). The Morgan fingerprint density at radius 1 is 1.70 bits per heavy atom. The molecule has 5 nitrogen and oxygen atoms in total. The van der Waals surface area contributed by atoms with Crippen molar-refractivity contribution in [1.82, 2.24) is 0 Å². The normalized spacial score (nSPS) is 12.2. The molecule has 5 heteroatoms. The minimum Gasteiger partial charge on any atom is -0.544 e. The second kappa shape index (κ2) is 3.84. The topological polar surface area (TPSA) is 94.1 Å². The minimum absolute atomic E-state index is 0.225. The van der Waals surface area contributed by atoms with E-state index in [-0.39, 0.29) is 6.61 Å². The molecule has 0 radical (unpaired) electrons. The number of carboxylic acids is 1. The van der Waals surface area contributed by atoms with E-state index >= 15 is 0 Å². The van der Waals surface area contributed by atoms with Crippen LogP contribution in [0.15, 0.2) is 0 Å². The molecule has 0 spiro atoms. The van der Waals surface area contributed by atoms with Crippen LogP contribution in [0, 0.1) is 0 Å². The summed E-state index contributed by atoms with van der Waals surface area (Å²) < 4.78 is 4.34. The Kier molecular flexibility index (Phi) is 3.42. The fourth-order valence-corrected chi connectivity index (χ4v) is 0.286. The Morgan fingerprint density at radius 3 is 2.50 bits per heavy atom. The van der Waals surface area contributed by atoms with Crippen LogP contribution in [0.25, 0.3) is 0 Å². The van der Waals surface area contributed by atoms with Crippen molar-refractivity contribution >= 4 is 11.9 Å². The zero-order chi connectivity index (χ0) is 8.15. The molecule has 0 bridgehead atoms. The average Bonchev–Trinajstić information content (AvgIpc) is 1.82. The van der Waals surface area contributed by atoms with Gasteiger partial charge in [-0.25, -0.2) is 0 Å². The SMILES string of the molecule is CC(=O)OCC([NH3+])C(=O)[O-]. The van der Waals surface area contributed by atoms with Gasteiger partial charge in [0, 0.05) is 6.92 Å². The van der Waals surface area contributed by atoms with Gasteiger partial charge in [0.2, 0.25) is 0 Å². The fourth-order valence-electron chi connectivity index (χ4n) is 0.286. The maximum absolute atomic E-state index is 10.1. The van der Waals surface area contributed by atoms with Gasteiger partial charge in [0.25, 0.3) is 0 Å². The van der Waals surface area contributed by atoms with Crippen molar-refractivity contribution in [2.24, 2.45) is 0 Å². The third kappa shape index (κ3) is 3.85. The highest BCUT2D eigenvalue weighted by molar-refractivity contribution is 5.70. The van der Waals surface area contributed by atoms with Gasteiger partial charge in [-0.05, 0) is 0 Å². The molecule has 58 valence electrons. The van der Waals surface area contributed by atoms with E-state index in [2.05, 4.69) is 10.5 Å². The molecule has 3 N–H and O–H groups in total. The van der Waals surface area contributed by atoms with Gasteiger partial charge in [0.15, 0.2) is 6.04 Å². The Labute approximate surface area is 57.8 Å². The molecule has 0 aliphatic heterocycles. The lowest BCUT2D eigenvalue weighted by Gasteiger charge is -2.07. The van der Waals surface area contributed by atoms with Crippen molar-refractivity contribution in [3.8, 4) is 0 Å². The molecule has 0 aliphatic carbocycles. The maximum Gasteiger partial charge on any atom is 0.302 e. The summed E-state index contributed by atoms with van der Waals surface area (Å²) in [6.07, 6.45) is 0. The van der Waals surface area contributed by atoms with E-state index in [9.17, 15) is 14.7 Å². The second-order valence-electron chi connectivity index (χ2n) is 1.82. The van der Waals surface area contributed by atoms with E-state index in [0.29, 0.717) is 0 Å². The summed E-state index contributed by atoms with van der Waals surface area (Å²) in [5.41, 5.74) is 3.17. The maximum atomic E-state index is 10.1. The molecule has 0 aromatic carbocycles. The van der Waals surface area contributed by atoms with Crippen molar-refractivity contribution in [2.75, 3.05) is 6.61 Å². The van der Waals surface area contributed by atoms with Crippen LogP contribution in [-0.2, 0) is 14.3 Å². The quantitative estimate of drug-likeness (QED) is 0.428. The lowest BCUT2D eigenvalue weighted by molar-refractivity contribution is -0.441. The van der Waals surface area contributed by atoms with Crippen molar-refractivity contribution in [1.29, 1.82) is 0 Å². The predicted octanol–water partition coefficient (Wildman–Crippen LogP) is -3.09. The summed E-state index contributed by atoms with van der Waals surface area (Å²) in [5.74, 6) is -1.84. The Bertz CT molecular complexity index is 145. The molecule has 1 unspecified atom stereocenters. The highest BCUT2D eigenvalue weighted by Gasteiger charge is 2.07. The molecule has 0 amide bonds. The first-order chi connectivity index (χ1) is 4.54. The summed E-state index contributed by atoms with van der Waals surface area (Å²) in [5, 5.41) is 9.95. The monoisotopic (exact) mass is 147 g/mol. The summed E-state index contributed by atoms with van der Waals surface area (Å²) in [4.78, 5) is 20.1. The summed E-state index contributed by atoms with van der Waals surface area (Å²) >= 11 is 0. The number of quaternary nitrogens is 1. The number of carbonyl (C=O) groups is 2. The van der Waals surface area contributed by atoms with Gasteiger partial charge >= 0.3 is 5.97 Å². The van der Waals surface area contributed by atoms with Crippen LogP contribution in [0.4, 0.5) is 0 Å². The first-order valence-corrected chi connectivity index (χ1v) is 2.71. The van der Waals surface area contributed by atoms with Gasteiger partial charge in [-0.1, -0.05) is 0 Å². The Morgan fingerprint density at radius 2 is 2.20 bits per heavy atom. The van der Waals surface area contributed by atoms with Gasteiger partial charge < -0.3 is 20.4 Å². The molecule has 0 heterocycles. The van der Waals surface area contributed by atoms with Crippen LogP contribution >= 0.6 is 0 Å². The summed E-state index contributed by atoms with van der Waals surface area (Å²) in [6.45, 7) is 0.972. The molecular weight excluding hydrogens is 138 g/mol. The molecule has 0 aromatic rings. The molecular formula is C5H9NO4. The zero-order valence-corrected chi connectivity index (χ0v) is 5.62. The number of carbonyl (C=O) groups excluding carboxylic acids is 2. The van der Waals surface area contributed by atoms with Crippen LogP contribution in [0.1, 0.15) is 6.92 Å². The molecule has 0 aromatic heterocycles. The van der Waals surface area contributed by atoms with Gasteiger partial charge in [-0.2, -0.15) is 0 Å². The molecule has 0 aliphatic rings. The second-order valence-corrected chi connectivity index (χ2v) is 1.82. The zero-order valence-electron chi connectivity index (χ0n) is 5.62. The number of hydrogen-bond acceptors (Lipinski definition) is 4. The van der Waals surface area contributed by atoms with Crippen molar-refractivity contribution in [2.45, 2.75) is 13.0 Å². The van der Waals surface area contributed by atoms with E-state index in [1.807, 2.05) is 0 Å². The minimum atomic E-state index is -1.32. The lowest BCUT2D eigenvalue weighted by atomic mass is 10.3. The number of rotatable bonds is 3. The van der Waals surface area contributed by atoms with Crippen molar-refractivity contribution in [3.05, 3.63) is 0 Å². The molecule has 0 fully saturated rings. The molecule has 0 saturated carbocycles. The first-order valence-electron chi connectivity index (χ1n) is 2.71. The van der Waals surface area contributed by atoms with Gasteiger partial charge in [0.05, 0.1) is 0 Å². The first kappa shape index (κ1) is 8.90. The number of ether oxygens (including phenoxy) is 1. The Hall–Kier alpha value is -1.10. The standard InChI is InChI=1S/C5H9NO4/c1-3(7)10-2-4(6)5(8)9/h4H,2,6H2,1H3,(H,8,9). The molecule has 0 saturated heterocycles. The predicted molar refractivity (Wildman–Crippen MR) is 28.3 cm³/mol. The highest BCUT2D eigenvalue weighted by atomic mass is 16.5. The fraction of sp³-hybridized carbons (Fsp3) is 0.600. The number of carboxylic acid groups (broad SMARTS) is 1. The third-order valence-electron chi connectivity index (χ3n) is 0.821. The molecule has 1 atom stereocenters. The number of aliphatic carboxylic acids is 1. The Balaban J connectivity index is 3.49. The van der Waals surface area contributed by atoms with Crippen molar-refractivity contribution in [3.63, 3.8) is 0 Å². The summed E-state index contributed by atoms with van der Waals surface area (Å²) in [6, 6.07) is -0.983. The van der Waals surface area contributed by atoms with E-state index in [4.69, 9.17) is 0 Å². The van der Waals surface area contributed by atoms with Crippen LogP contribution < -0.4 is 10.8 Å². The highest BCUT2D eigenvalue weighted by Crippen LogP contribution is 1.78. The van der Waals surface area contributed by atoms with Crippen LogP contribution in [-0.4, -0.2) is 24.6 Å². The van der Waals surface area contributed by atoms with E-state index in [1.54, 1.807) is 0 Å². The van der Waals surface area contributed by atoms with Gasteiger partial charge in [-0.3, -0.25) is 4.79 Å². The van der Waals surface area contributed by atoms with Crippen LogP contribution in [0.2, 0.25) is 0 Å². The van der Waals surface area contributed by atoms with Gasteiger partial charge in [0.1, 0.15) is 12.6 Å². The average molecular weight is 147 g/mol. The number of hydrogen-bond donors (Lipinski definition) is 1. The van der Waals surface area contributed by atoms with Crippen LogP contribution in [0.3, 0.4) is 0 Å². The van der Waals surface area contributed by atoms with E-state index < -0.39 is 18.0 Å².